The highest BCUT2D eigenvalue weighted by Crippen LogP contribution is 2.48. The molecule has 3 N–H and O–H groups in total. The number of hydrogen-bond acceptors (Lipinski definition) is 5. The number of alkyl halides is 1. The molecule has 0 fully saturated rings. The third-order valence-electron chi connectivity index (χ3n) is 5.59. The molecule has 0 spiro atoms. The first-order valence-corrected chi connectivity index (χ1v) is 10.7. The summed E-state index contributed by atoms with van der Waals surface area (Å²) in [7, 11) is 0. The second-order valence-corrected chi connectivity index (χ2v) is 9.41. The van der Waals surface area contributed by atoms with E-state index in [-0.39, 0.29) is 29.7 Å². The van der Waals surface area contributed by atoms with Gasteiger partial charge >= 0.3 is 0 Å². The minimum atomic E-state index is -2.23. The minimum Gasteiger partial charge on any atom is -0.508 e. The summed E-state index contributed by atoms with van der Waals surface area (Å²) in [5.41, 5.74) is 0.302. The van der Waals surface area contributed by atoms with Gasteiger partial charge in [-0.2, -0.15) is 0 Å². The van der Waals surface area contributed by atoms with E-state index in [1.165, 1.54) is 5.57 Å². The molecule has 2 rings (SSSR count). The van der Waals surface area contributed by atoms with E-state index in [9.17, 15) is 24.9 Å². The van der Waals surface area contributed by atoms with Crippen LogP contribution in [0.4, 0.5) is 0 Å². The molecule has 0 radical (unpaired) electrons. The third-order valence-corrected chi connectivity index (χ3v) is 6.23. The predicted octanol–water partition coefficient (Wildman–Crippen LogP) is 5.62. The average molecular weight is 447 g/mol. The summed E-state index contributed by atoms with van der Waals surface area (Å²) in [4.78, 5) is 24.8. The molecule has 0 aliphatic heterocycles. The van der Waals surface area contributed by atoms with Gasteiger partial charge < -0.3 is 15.3 Å². The number of halogens is 1. The average Bonchev–Trinajstić information content (AvgIpc) is 2.67. The van der Waals surface area contributed by atoms with Gasteiger partial charge in [0.25, 0.3) is 0 Å². The maximum absolute atomic E-state index is 13.4. The first-order chi connectivity index (χ1) is 14.3. The van der Waals surface area contributed by atoms with Crippen molar-refractivity contribution < 1.29 is 24.9 Å². The van der Waals surface area contributed by atoms with Crippen LogP contribution in [-0.4, -0.2) is 37.4 Å². The molecule has 1 aromatic carbocycles. The van der Waals surface area contributed by atoms with E-state index in [2.05, 4.69) is 6.08 Å². The summed E-state index contributed by atoms with van der Waals surface area (Å²) in [6.07, 6.45) is 6.85. The number of rotatable bonds is 7. The molecular weight excluding hydrogens is 416 g/mol. The van der Waals surface area contributed by atoms with Gasteiger partial charge in [-0.3, -0.25) is 9.59 Å². The fraction of sp³-hybridized carbons (Fsp3) is 0.440. The topological polar surface area (TPSA) is 94.8 Å². The van der Waals surface area contributed by atoms with Crippen molar-refractivity contribution in [1.82, 2.24) is 0 Å². The van der Waals surface area contributed by atoms with E-state index in [0.717, 1.165) is 36.1 Å². The molecular formula is C25H31ClO5. The Hall–Kier alpha value is -2.37. The molecule has 6 heteroatoms. The van der Waals surface area contributed by atoms with Crippen molar-refractivity contribution in [3.63, 3.8) is 0 Å². The van der Waals surface area contributed by atoms with E-state index in [0.29, 0.717) is 0 Å². The standard InChI is InChI=1S/C25H31ClO5/c1-15(2)7-6-8-17(5)10-12-25(31)22(29)19-13-18(27)14-20(28)21(19)23(30)24(25,26)11-9-16(3)4/h7,9-10,13-14,27-28,31H,6,8,11-12H2,1-5H3/b17-10+/t24-,25-/m0/s1. The van der Waals surface area contributed by atoms with Gasteiger partial charge in [0.15, 0.2) is 17.2 Å². The van der Waals surface area contributed by atoms with Gasteiger partial charge in [-0.05, 0) is 59.9 Å². The van der Waals surface area contributed by atoms with Crippen molar-refractivity contribution in [2.24, 2.45) is 0 Å². The van der Waals surface area contributed by atoms with Gasteiger partial charge in [0.2, 0.25) is 0 Å². The lowest BCUT2D eigenvalue weighted by molar-refractivity contribution is 0.00726. The molecule has 0 amide bonds. The van der Waals surface area contributed by atoms with Crippen molar-refractivity contribution in [3.05, 3.63) is 58.2 Å². The molecule has 0 heterocycles. The van der Waals surface area contributed by atoms with E-state index in [4.69, 9.17) is 11.6 Å². The van der Waals surface area contributed by atoms with Gasteiger partial charge in [0.05, 0.1) is 5.56 Å². The molecule has 5 nitrogen and oxygen atoms in total. The molecule has 0 unspecified atom stereocenters. The van der Waals surface area contributed by atoms with Crippen LogP contribution >= 0.6 is 11.6 Å². The number of benzene rings is 1. The van der Waals surface area contributed by atoms with Crippen LogP contribution in [0.1, 0.15) is 81.0 Å². The number of phenolic OH excluding ortho intramolecular Hbond substituents is 2. The molecule has 0 saturated heterocycles. The van der Waals surface area contributed by atoms with Crippen LogP contribution in [0, 0.1) is 0 Å². The number of Topliss-reactive ketones (excluding diaryl/α,β-unsaturated/α-hetero) is 2. The molecule has 168 valence electrons. The summed E-state index contributed by atoms with van der Waals surface area (Å²) >= 11 is 6.76. The summed E-state index contributed by atoms with van der Waals surface area (Å²) < 4.78 is 0. The Balaban J connectivity index is 2.57. The predicted molar refractivity (Wildman–Crippen MR) is 123 cm³/mol. The highest BCUT2D eigenvalue weighted by Gasteiger charge is 2.62. The highest BCUT2D eigenvalue weighted by atomic mass is 35.5. The van der Waals surface area contributed by atoms with Crippen molar-refractivity contribution in [1.29, 1.82) is 0 Å². The Bertz CT molecular complexity index is 980. The van der Waals surface area contributed by atoms with Crippen molar-refractivity contribution in [2.45, 2.75) is 70.8 Å². The Morgan fingerprint density at radius 3 is 2.13 bits per heavy atom. The highest BCUT2D eigenvalue weighted by molar-refractivity contribution is 6.44. The zero-order valence-corrected chi connectivity index (χ0v) is 19.5. The molecule has 1 aliphatic rings. The van der Waals surface area contributed by atoms with E-state index >= 15 is 0 Å². The molecule has 1 aromatic rings. The Kier molecular flexibility index (Phi) is 7.56. The van der Waals surface area contributed by atoms with Gasteiger partial charge in [-0.1, -0.05) is 34.9 Å². The number of ketones is 2. The number of allylic oxidation sites excluding steroid dienone is 5. The third kappa shape index (κ3) is 4.94. The zero-order valence-electron chi connectivity index (χ0n) is 18.8. The monoisotopic (exact) mass is 446 g/mol. The Labute approximate surface area is 188 Å². The minimum absolute atomic E-state index is 0.0810. The van der Waals surface area contributed by atoms with Crippen LogP contribution in [-0.2, 0) is 0 Å². The Morgan fingerprint density at radius 1 is 0.935 bits per heavy atom. The van der Waals surface area contributed by atoms with Crippen LogP contribution in [0.25, 0.3) is 0 Å². The fourth-order valence-corrected chi connectivity index (χ4v) is 4.03. The molecule has 0 bridgehead atoms. The number of hydrogen-bond donors (Lipinski definition) is 3. The maximum atomic E-state index is 13.4. The molecule has 2 atom stereocenters. The number of carbonyl (C=O) groups is 2. The van der Waals surface area contributed by atoms with Crippen LogP contribution in [0.3, 0.4) is 0 Å². The molecule has 0 saturated carbocycles. The number of phenols is 2. The zero-order chi connectivity index (χ0) is 23.6. The number of aromatic hydroxyl groups is 2. The summed E-state index contributed by atoms with van der Waals surface area (Å²) in [6.45, 7) is 9.58. The molecule has 1 aliphatic carbocycles. The van der Waals surface area contributed by atoms with E-state index < -0.39 is 27.8 Å². The van der Waals surface area contributed by atoms with Gasteiger partial charge in [-0.15, -0.1) is 11.6 Å². The van der Waals surface area contributed by atoms with E-state index in [1.807, 2.05) is 34.6 Å². The number of aliphatic hydroxyl groups is 1. The van der Waals surface area contributed by atoms with Crippen molar-refractivity contribution in [3.8, 4) is 11.5 Å². The first-order valence-electron chi connectivity index (χ1n) is 10.3. The van der Waals surface area contributed by atoms with Gasteiger partial charge in [-0.25, -0.2) is 0 Å². The smallest absolute Gasteiger partial charge is 0.197 e. The van der Waals surface area contributed by atoms with Crippen LogP contribution in [0.2, 0.25) is 0 Å². The van der Waals surface area contributed by atoms with Crippen molar-refractivity contribution >= 4 is 23.2 Å². The lowest BCUT2D eigenvalue weighted by Gasteiger charge is -2.43. The lowest BCUT2D eigenvalue weighted by atomic mass is 9.66. The normalized spacial score (nSPS) is 23.4. The maximum Gasteiger partial charge on any atom is 0.197 e. The van der Waals surface area contributed by atoms with Crippen LogP contribution in [0.5, 0.6) is 11.5 Å². The fourth-order valence-electron chi connectivity index (χ4n) is 3.69. The second-order valence-electron chi connectivity index (χ2n) is 8.77. The van der Waals surface area contributed by atoms with Crippen LogP contribution in [0.15, 0.2) is 47.1 Å². The second kappa shape index (κ2) is 9.41. The molecule has 0 aromatic heterocycles. The SMILES string of the molecule is CC(C)=CCC/C(C)=C/C[C@]1(O)C(=O)c2cc(O)cc(O)c2C(=O)[C@@]1(Cl)CC=C(C)C. The van der Waals surface area contributed by atoms with Gasteiger partial charge in [0, 0.05) is 18.1 Å². The lowest BCUT2D eigenvalue weighted by Crippen LogP contribution is -2.63. The summed E-state index contributed by atoms with van der Waals surface area (Å²) in [6, 6.07) is 2.07. The van der Waals surface area contributed by atoms with Crippen LogP contribution < -0.4 is 0 Å². The summed E-state index contributed by atoms with van der Waals surface area (Å²) in [5.74, 6) is -2.44. The number of carbonyl (C=O) groups excluding carboxylic acids is 2. The Morgan fingerprint density at radius 2 is 1.55 bits per heavy atom. The summed E-state index contributed by atoms with van der Waals surface area (Å²) in [5, 5.41) is 31.7. The largest absolute Gasteiger partial charge is 0.508 e. The first kappa shape index (κ1) is 24.9. The number of fused-ring (bicyclic) bond motifs is 1. The van der Waals surface area contributed by atoms with E-state index in [1.54, 1.807) is 12.2 Å². The van der Waals surface area contributed by atoms with Crippen molar-refractivity contribution in [2.75, 3.05) is 0 Å². The molecule has 31 heavy (non-hydrogen) atoms. The quantitative estimate of drug-likeness (QED) is 0.373. The van der Waals surface area contributed by atoms with Gasteiger partial charge in [0.1, 0.15) is 16.4 Å².